The van der Waals surface area contributed by atoms with Crippen molar-refractivity contribution >= 4 is 112 Å². The molecule has 0 atom stereocenters. The lowest BCUT2D eigenvalue weighted by Crippen LogP contribution is -2.11. The zero-order valence-corrected chi connectivity index (χ0v) is 23.0. The smallest absolute Gasteiger partial charge is 0.226 e. The van der Waals surface area contributed by atoms with Gasteiger partial charge in [-0.25, -0.2) is 9.97 Å². The van der Waals surface area contributed by atoms with Gasteiger partial charge in [0.1, 0.15) is 11.0 Å². The van der Waals surface area contributed by atoms with E-state index in [0.717, 1.165) is 41.5 Å². The van der Waals surface area contributed by atoms with E-state index in [9.17, 15) is 9.59 Å². The summed E-state index contributed by atoms with van der Waals surface area (Å²) in [4.78, 5) is 33.2. The quantitative estimate of drug-likeness (QED) is 0.181. The molecule has 0 aliphatic heterocycles. The van der Waals surface area contributed by atoms with Crippen molar-refractivity contribution in [3.05, 3.63) is 44.4 Å². The van der Waals surface area contributed by atoms with Crippen molar-refractivity contribution in [1.82, 2.24) is 9.97 Å². The van der Waals surface area contributed by atoms with Crippen LogP contribution in [-0.4, -0.2) is 21.8 Å². The second kappa shape index (κ2) is 12.0. The van der Waals surface area contributed by atoms with Crippen LogP contribution in [0.4, 0.5) is 10.3 Å². The molecule has 12 heteroatoms. The van der Waals surface area contributed by atoms with E-state index in [2.05, 4.69) is 20.6 Å². The molecule has 0 saturated heterocycles. The molecule has 0 spiro atoms. The Morgan fingerprint density at radius 1 is 0.657 bits per heavy atom. The maximum Gasteiger partial charge on any atom is 0.226 e. The third-order valence-corrected chi connectivity index (χ3v) is 8.67. The van der Waals surface area contributed by atoms with E-state index >= 15 is 0 Å². The van der Waals surface area contributed by atoms with Gasteiger partial charge >= 0.3 is 0 Å². The van der Waals surface area contributed by atoms with Crippen LogP contribution in [0, 0.1) is 0 Å². The number of anilines is 2. The number of halogens is 4. The SMILES string of the molecule is O=C(CCCCCCCC(=O)Nc1nc2c(Cl)c(Cl)ccc2s1)Nc1nc2c(Cl)c(Cl)ccc2s1. The molecule has 2 amide bonds. The summed E-state index contributed by atoms with van der Waals surface area (Å²) >= 11 is 27.1. The fourth-order valence-corrected chi connectivity index (χ4v) is 6.06. The molecule has 0 aliphatic carbocycles. The first-order valence-corrected chi connectivity index (χ1v) is 14.0. The van der Waals surface area contributed by atoms with Gasteiger partial charge < -0.3 is 10.6 Å². The molecular formula is C23H20Cl4N4O2S2. The second-order valence-corrected chi connectivity index (χ2v) is 11.5. The zero-order valence-electron chi connectivity index (χ0n) is 18.3. The molecule has 0 saturated carbocycles. The van der Waals surface area contributed by atoms with Crippen molar-refractivity contribution in [2.24, 2.45) is 0 Å². The number of nitrogens with zero attached hydrogens (tertiary/aromatic N) is 2. The van der Waals surface area contributed by atoms with Crippen LogP contribution in [0.2, 0.25) is 20.1 Å². The molecule has 2 aromatic heterocycles. The van der Waals surface area contributed by atoms with E-state index in [1.807, 2.05) is 12.1 Å². The van der Waals surface area contributed by atoms with E-state index in [-0.39, 0.29) is 11.8 Å². The molecule has 0 unspecified atom stereocenters. The van der Waals surface area contributed by atoms with Crippen LogP contribution in [0.25, 0.3) is 20.4 Å². The largest absolute Gasteiger partial charge is 0.302 e. The van der Waals surface area contributed by atoms with Crippen LogP contribution < -0.4 is 10.6 Å². The van der Waals surface area contributed by atoms with Crippen molar-refractivity contribution in [2.75, 3.05) is 10.6 Å². The van der Waals surface area contributed by atoms with Crippen LogP contribution >= 0.6 is 69.1 Å². The standard InChI is InChI=1S/C23H20Cl4N4O2S2/c24-12-8-10-14-20(18(12)26)30-22(34-14)28-16(32)6-4-2-1-3-5-7-17(33)29-23-31-21-15(35-23)11-9-13(25)19(21)27/h8-11H,1-7H2,(H,28,30,32)(H,29,31,33). The third kappa shape index (κ3) is 6.76. The van der Waals surface area contributed by atoms with E-state index in [1.54, 1.807) is 12.1 Å². The number of rotatable bonds is 10. The Hall–Kier alpha value is -1.68. The van der Waals surface area contributed by atoms with Crippen molar-refractivity contribution in [3.8, 4) is 0 Å². The summed E-state index contributed by atoms with van der Waals surface area (Å²) in [6, 6.07) is 7.10. The van der Waals surface area contributed by atoms with E-state index in [0.29, 0.717) is 54.2 Å². The average Bonchev–Trinajstić information content (AvgIpc) is 3.42. The van der Waals surface area contributed by atoms with Crippen molar-refractivity contribution in [3.63, 3.8) is 0 Å². The summed E-state index contributed by atoms with van der Waals surface area (Å²) in [6.07, 6.45) is 5.13. The zero-order chi connectivity index (χ0) is 24.9. The Labute approximate surface area is 229 Å². The number of amides is 2. The highest BCUT2D eigenvalue weighted by Crippen LogP contribution is 2.36. The van der Waals surface area contributed by atoms with Crippen molar-refractivity contribution < 1.29 is 9.59 Å². The number of fused-ring (bicyclic) bond motifs is 2. The maximum absolute atomic E-state index is 12.2. The van der Waals surface area contributed by atoms with Gasteiger partial charge in [-0.05, 0) is 37.1 Å². The average molecular weight is 590 g/mol. The summed E-state index contributed by atoms with van der Waals surface area (Å²) in [7, 11) is 0. The Kier molecular flexibility index (Phi) is 9.07. The van der Waals surface area contributed by atoms with Gasteiger partial charge in [-0.2, -0.15) is 0 Å². The van der Waals surface area contributed by atoms with Crippen LogP contribution in [0.5, 0.6) is 0 Å². The highest BCUT2D eigenvalue weighted by atomic mass is 35.5. The molecule has 4 rings (SSSR count). The van der Waals surface area contributed by atoms with Crippen LogP contribution in [0.15, 0.2) is 24.3 Å². The number of hydrogen-bond donors (Lipinski definition) is 2. The maximum atomic E-state index is 12.2. The van der Waals surface area contributed by atoms with Crippen LogP contribution in [0.1, 0.15) is 44.9 Å². The van der Waals surface area contributed by atoms with Crippen molar-refractivity contribution in [2.45, 2.75) is 44.9 Å². The van der Waals surface area contributed by atoms with Crippen molar-refractivity contribution in [1.29, 1.82) is 0 Å². The molecule has 2 heterocycles. The van der Waals surface area contributed by atoms with Crippen LogP contribution in [-0.2, 0) is 9.59 Å². The Morgan fingerprint density at radius 3 is 1.49 bits per heavy atom. The van der Waals surface area contributed by atoms with Gasteiger partial charge in [0.25, 0.3) is 0 Å². The van der Waals surface area contributed by atoms with E-state index in [1.165, 1.54) is 22.7 Å². The highest BCUT2D eigenvalue weighted by Gasteiger charge is 2.13. The lowest BCUT2D eigenvalue weighted by molar-refractivity contribution is -0.117. The van der Waals surface area contributed by atoms with Gasteiger partial charge in [-0.15, -0.1) is 0 Å². The number of hydrogen-bond acceptors (Lipinski definition) is 6. The monoisotopic (exact) mass is 588 g/mol. The number of carbonyl (C=O) groups is 2. The van der Waals surface area contributed by atoms with Gasteiger partial charge in [0.2, 0.25) is 11.8 Å². The summed E-state index contributed by atoms with van der Waals surface area (Å²) in [5.74, 6) is -0.161. The van der Waals surface area contributed by atoms with Gasteiger partial charge in [0, 0.05) is 12.8 Å². The number of aromatic nitrogens is 2. The first-order chi connectivity index (χ1) is 16.8. The second-order valence-electron chi connectivity index (χ2n) is 7.82. The van der Waals surface area contributed by atoms with Gasteiger partial charge in [0.15, 0.2) is 10.3 Å². The normalized spacial score (nSPS) is 11.3. The lowest BCUT2D eigenvalue weighted by atomic mass is 10.1. The minimum Gasteiger partial charge on any atom is -0.302 e. The Balaban J connectivity index is 1.11. The predicted octanol–water partition coefficient (Wildman–Crippen LogP) is 8.83. The molecular weight excluding hydrogens is 570 g/mol. The highest BCUT2D eigenvalue weighted by molar-refractivity contribution is 7.22. The minimum absolute atomic E-state index is 0.0807. The molecule has 0 aliphatic rings. The molecule has 0 bridgehead atoms. The number of nitrogens with one attached hydrogen (secondary N) is 2. The fraction of sp³-hybridized carbons (Fsp3) is 0.304. The summed E-state index contributed by atoms with van der Waals surface area (Å²) in [5, 5.41) is 8.34. The Bertz CT molecular complexity index is 1290. The molecule has 4 aromatic rings. The molecule has 6 nitrogen and oxygen atoms in total. The molecule has 35 heavy (non-hydrogen) atoms. The lowest BCUT2D eigenvalue weighted by Gasteiger charge is -2.03. The summed E-state index contributed by atoms with van der Waals surface area (Å²) < 4.78 is 1.74. The Morgan fingerprint density at radius 2 is 1.06 bits per heavy atom. The molecule has 0 radical (unpaired) electrons. The minimum atomic E-state index is -0.0807. The number of unbranched alkanes of at least 4 members (excludes halogenated alkanes) is 4. The molecule has 0 fully saturated rings. The number of carbonyl (C=O) groups excluding carboxylic acids is 2. The molecule has 2 aromatic carbocycles. The van der Waals surface area contributed by atoms with E-state index in [4.69, 9.17) is 46.4 Å². The van der Waals surface area contributed by atoms with Gasteiger partial charge in [-0.1, -0.05) is 88.3 Å². The topological polar surface area (TPSA) is 84.0 Å². The number of benzene rings is 2. The predicted molar refractivity (Wildman–Crippen MR) is 149 cm³/mol. The summed E-state index contributed by atoms with van der Waals surface area (Å²) in [6.45, 7) is 0. The third-order valence-electron chi connectivity index (χ3n) is 5.20. The number of thiazole rings is 2. The first-order valence-electron chi connectivity index (χ1n) is 10.9. The molecule has 184 valence electrons. The summed E-state index contributed by atoms with van der Waals surface area (Å²) in [5.41, 5.74) is 1.19. The van der Waals surface area contributed by atoms with E-state index < -0.39 is 0 Å². The van der Waals surface area contributed by atoms with Gasteiger partial charge in [0.05, 0.1) is 29.5 Å². The fourth-order valence-electron chi connectivity index (χ4n) is 3.45. The van der Waals surface area contributed by atoms with Crippen LogP contribution in [0.3, 0.4) is 0 Å². The first kappa shape index (κ1) is 26.4. The molecule has 2 N–H and O–H groups in total. The van der Waals surface area contributed by atoms with Gasteiger partial charge in [-0.3, -0.25) is 9.59 Å².